The van der Waals surface area contributed by atoms with E-state index in [2.05, 4.69) is 5.32 Å². The molecule has 0 saturated carbocycles. The number of esters is 1. The second-order valence-corrected chi connectivity index (χ2v) is 6.65. The van der Waals surface area contributed by atoms with Crippen LogP contribution in [0, 0.1) is 5.41 Å². The number of ether oxygens (including phenoxy) is 4. The number of rotatable bonds is 4. The molecule has 1 aromatic carbocycles. The summed E-state index contributed by atoms with van der Waals surface area (Å²) in [4.78, 5) is 23.7. The lowest BCUT2D eigenvalue weighted by atomic mass is 9.89. The fraction of sp³-hybridized carbons (Fsp3) is 0.529. The molecule has 0 aliphatic carbocycles. The molecule has 2 saturated heterocycles. The van der Waals surface area contributed by atoms with Gasteiger partial charge in [0.1, 0.15) is 5.75 Å². The Balaban J connectivity index is 1.71. The molecule has 2 aliphatic rings. The molecular weight excluding hydrogens is 314 g/mol. The standard InChI is InChI=1S/C17H21NO6/c1-17(2)9-22-15(19)14(17)23-13-8-12(18-16(20)24-13)10-4-6-11(21-3)7-5-10/h4-7,12-14H,8-9H2,1-3H3,(H,18,20)/t12-,13-,14+/m1/s1. The van der Waals surface area contributed by atoms with E-state index >= 15 is 0 Å². The lowest BCUT2D eigenvalue weighted by molar-refractivity contribution is -0.183. The van der Waals surface area contributed by atoms with Crippen molar-refractivity contribution >= 4 is 12.1 Å². The minimum absolute atomic E-state index is 0.261. The zero-order valence-corrected chi connectivity index (χ0v) is 13.9. The van der Waals surface area contributed by atoms with Crippen molar-refractivity contribution in [2.75, 3.05) is 13.7 Å². The van der Waals surface area contributed by atoms with Crippen LogP contribution >= 0.6 is 0 Å². The van der Waals surface area contributed by atoms with E-state index < -0.39 is 29.9 Å². The van der Waals surface area contributed by atoms with E-state index in [4.69, 9.17) is 18.9 Å². The minimum Gasteiger partial charge on any atom is -0.497 e. The molecule has 1 aromatic rings. The second-order valence-electron chi connectivity index (χ2n) is 6.65. The Morgan fingerprint density at radius 3 is 2.50 bits per heavy atom. The van der Waals surface area contributed by atoms with Crippen LogP contribution in [0.15, 0.2) is 24.3 Å². The van der Waals surface area contributed by atoms with Crippen molar-refractivity contribution in [1.82, 2.24) is 5.32 Å². The molecule has 2 fully saturated rings. The zero-order valence-electron chi connectivity index (χ0n) is 13.9. The molecule has 130 valence electrons. The third-order valence-corrected chi connectivity index (χ3v) is 4.28. The molecule has 0 radical (unpaired) electrons. The first kappa shape index (κ1) is 16.6. The number of carbonyl (C=O) groups excluding carboxylic acids is 2. The molecule has 2 aliphatic heterocycles. The average Bonchev–Trinajstić information content (AvgIpc) is 2.81. The van der Waals surface area contributed by atoms with Crippen molar-refractivity contribution in [1.29, 1.82) is 0 Å². The predicted molar refractivity (Wildman–Crippen MR) is 83.4 cm³/mol. The number of hydrogen-bond donors (Lipinski definition) is 1. The number of benzene rings is 1. The largest absolute Gasteiger partial charge is 0.497 e. The van der Waals surface area contributed by atoms with Gasteiger partial charge in [-0.05, 0) is 17.7 Å². The first-order chi connectivity index (χ1) is 11.4. The lowest BCUT2D eigenvalue weighted by Crippen LogP contribution is -2.45. The second kappa shape index (κ2) is 6.32. The van der Waals surface area contributed by atoms with Gasteiger partial charge in [-0.15, -0.1) is 0 Å². The van der Waals surface area contributed by atoms with E-state index in [1.807, 2.05) is 38.1 Å². The monoisotopic (exact) mass is 335 g/mol. The van der Waals surface area contributed by atoms with Gasteiger partial charge in [0.05, 0.1) is 19.8 Å². The van der Waals surface area contributed by atoms with Crippen LogP contribution in [-0.2, 0) is 19.0 Å². The van der Waals surface area contributed by atoms with Gasteiger partial charge >= 0.3 is 12.1 Å². The first-order valence-corrected chi connectivity index (χ1v) is 7.82. The molecule has 2 heterocycles. The van der Waals surface area contributed by atoms with Crippen LogP contribution < -0.4 is 10.1 Å². The summed E-state index contributed by atoms with van der Waals surface area (Å²) in [6.07, 6.45) is -1.72. The molecule has 7 nitrogen and oxygen atoms in total. The number of carbonyl (C=O) groups is 2. The Hall–Kier alpha value is -2.28. The number of nitrogens with one attached hydrogen (secondary N) is 1. The SMILES string of the molecule is COc1ccc([C@H]2C[C@H](O[C@H]3C(=O)OCC3(C)C)OC(=O)N2)cc1. The molecule has 3 rings (SSSR count). The van der Waals surface area contributed by atoms with Gasteiger partial charge in [0.15, 0.2) is 6.10 Å². The average molecular weight is 335 g/mol. The topological polar surface area (TPSA) is 83.1 Å². The highest BCUT2D eigenvalue weighted by Gasteiger charge is 2.47. The van der Waals surface area contributed by atoms with Crippen molar-refractivity contribution in [2.45, 2.75) is 38.7 Å². The van der Waals surface area contributed by atoms with Crippen molar-refractivity contribution in [3.05, 3.63) is 29.8 Å². The third kappa shape index (κ3) is 3.31. The van der Waals surface area contributed by atoms with Crippen molar-refractivity contribution in [2.24, 2.45) is 5.41 Å². The summed E-state index contributed by atoms with van der Waals surface area (Å²) in [6, 6.07) is 7.14. The number of cyclic esters (lactones) is 2. The van der Waals surface area contributed by atoms with E-state index in [-0.39, 0.29) is 12.6 Å². The first-order valence-electron chi connectivity index (χ1n) is 7.82. The highest BCUT2D eigenvalue weighted by molar-refractivity contribution is 5.78. The molecule has 0 aromatic heterocycles. The molecule has 0 bridgehead atoms. The molecule has 1 N–H and O–H groups in total. The summed E-state index contributed by atoms with van der Waals surface area (Å²) in [6.45, 7) is 4.05. The van der Waals surface area contributed by atoms with Crippen molar-refractivity contribution in [3.63, 3.8) is 0 Å². The Kier molecular flexibility index (Phi) is 4.36. The minimum atomic E-state index is -0.805. The Morgan fingerprint density at radius 2 is 1.92 bits per heavy atom. The van der Waals surface area contributed by atoms with E-state index in [0.29, 0.717) is 6.42 Å². The van der Waals surface area contributed by atoms with Crippen LogP contribution in [0.1, 0.15) is 31.9 Å². The molecule has 1 amide bonds. The molecule has 0 spiro atoms. The zero-order chi connectivity index (χ0) is 17.3. The Bertz CT molecular complexity index is 626. The van der Waals surface area contributed by atoms with Crippen LogP contribution in [0.2, 0.25) is 0 Å². The van der Waals surface area contributed by atoms with Crippen molar-refractivity contribution in [3.8, 4) is 5.75 Å². The molecular formula is C17H21NO6. The van der Waals surface area contributed by atoms with Crippen LogP contribution in [0.25, 0.3) is 0 Å². The third-order valence-electron chi connectivity index (χ3n) is 4.28. The van der Waals surface area contributed by atoms with Crippen LogP contribution in [0.5, 0.6) is 5.75 Å². The van der Waals surface area contributed by atoms with Gasteiger partial charge in [0, 0.05) is 11.8 Å². The van der Waals surface area contributed by atoms with Gasteiger partial charge in [-0.2, -0.15) is 0 Å². The smallest absolute Gasteiger partial charge is 0.409 e. The Labute approximate surface area is 140 Å². The quantitative estimate of drug-likeness (QED) is 0.849. The summed E-state index contributed by atoms with van der Waals surface area (Å²) >= 11 is 0. The number of hydrogen-bond acceptors (Lipinski definition) is 6. The van der Waals surface area contributed by atoms with Crippen LogP contribution in [0.4, 0.5) is 4.79 Å². The summed E-state index contributed by atoms with van der Waals surface area (Å²) in [5.74, 6) is 0.316. The van der Waals surface area contributed by atoms with Gasteiger partial charge in [-0.3, -0.25) is 0 Å². The fourth-order valence-electron chi connectivity index (χ4n) is 2.85. The summed E-state index contributed by atoms with van der Waals surface area (Å²) in [5, 5.41) is 2.76. The van der Waals surface area contributed by atoms with Gasteiger partial charge in [0.2, 0.25) is 6.29 Å². The molecule has 3 atom stereocenters. The van der Waals surface area contributed by atoms with Gasteiger partial charge in [-0.1, -0.05) is 26.0 Å². The van der Waals surface area contributed by atoms with Crippen LogP contribution in [-0.4, -0.2) is 38.2 Å². The van der Waals surface area contributed by atoms with E-state index in [0.717, 1.165) is 11.3 Å². The predicted octanol–water partition coefficient (Wildman–Crippen LogP) is 2.16. The maximum atomic E-state index is 11.8. The maximum absolute atomic E-state index is 11.8. The molecule has 0 unspecified atom stereocenters. The Morgan fingerprint density at radius 1 is 1.21 bits per heavy atom. The summed E-state index contributed by atoms with van der Waals surface area (Å²) in [7, 11) is 1.59. The number of amides is 1. The normalized spacial score (nSPS) is 28.7. The van der Waals surface area contributed by atoms with E-state index in [1.165, 1.54) is 0 Å². The highest BCUT2D eigenvalue weighted by atomic mass is 16.7. The van der Waals surface area contributed by atoms with Gasteiger partial charge < -0.3 is 24.3 Å². The maximum Gasteiger partial charge on any atom is 0.409 e. The summed E-state index contributed by atoms with van der Waals surface area (Å²) < 4.78 is 21.1. The molecule has 24 heavy (non-hydrogen) atoms. The number of methoxy groups -OCH3 is 1. The van der Waals surface area contributed by atoms with Gasteiger partial charge in [0.25, 0.3) is 0 Å². The molecule has 7 heteroatoms. The summed E-state index contributed by atoms with van der Waals surface area (Å²) in [5.41, 5.74) is 0.457. The van der Waals surface area contributed by atoms with Crippen molar-refractivity contribution < 1.29 is 28.5 Å². The van der Waals surface area contributed by atoms with Gasteiger partial charge in [-0.25, -0.2) is 9.59 Å². The fourth-order valence-corrected chi connectivity index (χ4v) is 2.85. The van der Waals surface area contributed by atoms with Crippen LogP contribution in [0.3, 0.4) is 0 Å². The number of alkyl carbamates (subject to hydrolysis) is 1. The van der Waals surface area contributed by atoms with E-state index in [9.17, 15) is 9.59 Å². The highest BCUT2D eigenvalue weighted by Crippen LogP contribution is 2.34. The van der Waals surface area contributed by atoms with E-state index in [1.54, 1.807) is 7.11 Å². The lowest BCUT2D eigenvalue weighted by Gasteiger charge is -2.33.